The quantitative estimate of drug-likeness (QED) is 0.641. The van der Waals surface area contributed by atoms with Crippen LogP contribution < -0.4 is 0 Å². The first-order valence-electron chi connectivity index (χ1n) is 6.52. The molecule has 0 aromatic rings. The van der Waals surface area contributed by atoms with E-state index in [0.29, 0.717) is 12.0 Å². The Balaban J connectivity index is 2.10. The van der Waals surface area contributed by atoms with Crippen molar-refractivity contribution < 1.29 is 14.2 Å². The SMILES string of the molecule is CCCC(CC(C)COC1CCCO1)OC. The summed E-state index contributed by atoms with van der Waals surface area (Å²) < 4.78 is 16.6. The zero-order chi connectivity index (χ0) is 11.8. The smallest absolute Gasteiger partial charge is 0.157 e. The Labute approximate surface area is 99.5 Å². The van der Waals surface area contributed by atoms with Crippen LogP contribution in [-0.4, -0.2) is 32.7 Å². The molecule has 0 bridgehead atoms. The largest absolute Gasteiger partial charge is 0.381 e. The summed E-state index contributed by atoms with van der Waals surface area (Å²) in [5.41, 5.74) is 0. The van der Waals surface area contributed by atoms with Gasteiger partial charge < -0.3 is 14.2 Å². The summed E-state index contributed by atoms with van der Waals surface area (Å²) >= 11 is 0. The van der Waals surface area contributed by atoms with Crippen molar-refractivity contribution in [1.82, 2.24) is 0 Å². The summed E-state index contributed by atoms with van der Waals surface area (Å²) in [4.78, 5) is 0. The minimum absolute atomic E-state index is 0.0506. The molecule has 1 fully saturated rings. The summed E-state index contributed by atoms with van der Waals surface area (Å²) in [5.74, 6) is 0.542. The van der Waals surface area contributed by atoms with E-state index in [4.69, 9.17) is 14.2 Å². The van der Waals surface area contributed by atoms with Gasteiger partial charge >= 0.3 is 0 Å². The Kier molecular flexibility index (Phi) is 7.01. The second kappa shape index (κ2) is 8.04. The van der Waals surface area contributed by atoms with E-state index in [0.717, 1.165) is 38.9 Å². The standard InChI is InChI=1S/C13H26O3/c1-4-6-12(14-3)9-11(2)10-16-13-7-5-8-15-13/h11-13H,4-10H2,1-3H3. The van der Waals surface area contributed by atoms with E-state index >= 15 is 0 Å². The van der Waals surface area contributed by atoms with Crippen LogP contribution in [0.2, 0.25) is 0 Å². The highest BCUT2D eigenvalue weighted by molar-refractivity contribution is 4.63. The van der Waals surface area contributed by atoms with Crippen molar-refractivity contribution in [3.63, 3.8) is 0 Å². The van der Waals surface area contributed by atoms with Crippen molar-refractivity contribution >= 4 is 0 Å². The van der Waals surface area contributed by atoms with Crippen LogP contribution in [-0.2, 0) is 14.2 Å². The summed E-state index contributed by atoms with van der Waals surface area (Å²) in [7, 11) is 1.80. The Hall–Kier alpha value is -0.120. The first-order chi connectivity index (χ1) is 7.76. The van der Waals surface area contributed by atoms with E-state index in [9.17, 15) is 0 Å². The van der Waals surface area contributed by atoms with Gasteiger partial charge in [-0.15, -0.1) is 0 Å². The maximum Gasteiger partial charge on any atom is 0.157 e. The van der Waals surface area contributed by atoms with Gasteiger partial charge in [-0.05, 0) is 25.2 Å². The average molecular weight is 230 g/mol. The van der Waals surface area contributed by atoms with Crippen molar-refractivity contribution in [3.8, 4) is 0 Å². The molecule has 0 aliphatic carbocycles. The molecule has 1 heterocycles. The molecular weight excluding hydrogens is 204 g/mol. The molecular formula is C13H26O3. The molecule has 1 aliphatic rings. The van der Waals surface area contributed by atoms with E-state index in [2.05, 4.69) is 13.8 Å². The summed E-state index contributed by atoms with van der Waals surface area (Å²) in [5, 5.41) is 0. The molecule has 0 amide bonds. The summed E-state index contributed by atoms with van der Waals surface area (Å²) in [6.45, 7) is 6.06. The Bertz CT molecular complexity index is 167. The van der Waals surface area contributed by atoms with Crippen LogP contribution in [0.3, 0.4) is 0 Å². The lowest BCUT2D eigenvalue weighted by Gasteiger charge is -2.20. The Morgan fingerprint density at radius 2 is 2.25 bits per heavy atom. The van der Waals surface area contributed by atoms with E-state index in [1.807, 2.05) is 0 Å². The second-order valence-corrected chi connectivity index (χ2v) is 4.76. The number of hydrogen-bond donors (Lipinski definition) is 0. The fourth-order valence-electron chi connectivity index (χ4n) is 2.12. The van der Waals surface area contributed by atoms with Crippen molar-refractivity contribution in [3.05, 3.63) is 0 Å². The summed E-state index contributed by atoms with van der Waals surface area (Å²) in [6.07, 6.45) is 6.02. The molecule has 0 aromatic heterocycles. The highest BCUT2D eigenvalue weighted by atomic mass is 16.7. The highest BCUT2D eigenvalue weighted by Crippen LogP contribution is 2.17. The van der Waals surface area contributed by atoms with Gasteiger partial charge in [0.2, 0.25) is 0 Å². The van der Waals surface area contributed by atoms with Crippen LogP contribution in [0.25, 0.3) is 0 Å². The Morgan fingerprint density at radius 3 is 2.81 bits per heavy atom. The third-order valence-corrected chi connectivity index (χ3v) is 3.06. The lowest BCUT2D eigenvalue weighted by atomic mass is 10.0. The van der Waals surface area contributed by atoms with Gasteiger partial charge in [0.05, 0.1) is 12.7 Å². The lowest BCUT2D eigenvalue weighted by molar-refractivity contribution is -0.121. The first kappa shape index (κ1) is 13.9. The first-order valence-corrected chi connectivity index (χ1v) is 6.52. The van der Waals surface area contributed by atoms with Gasteiger partial charge in [-0.3, -0.25) is 0 Å². The average Bonchev–Trinajstić information content (AvgIpc) is 2.78. The minimum Gasteiger partial charge on any atom is -0.381 e. The minimum atomic E-state index is 0.0506. The maximum atomic E-state index is 5.71. The molecule has 3 unspecified atom stereocenters. The lowest BCUT2D eigenvalue weighted by Crippen LogP contribution is -2.20. The molecule has 0 aromatic carbocycles. The van der Waals surface area contributed by atoms with Crippen molar-refractivity contribution in [2.45, 2.75) is 58.3 Å². The molecule has 1 rings (SSSR count). The monoisotopic (exact) mass is 230 g/mol. The van der Waals surface area contributed by atoms with E-state index in [1.54, 1.807) is 7.11 Å². The normalized spacial score (nSPS) is 24.6. The number of hydrogen-bond acceptors (Lipinski definition) is 3. The van der Waals surface area contributed by atoms with Crippen molar-refractivity contribution in [2.75, 3.05) is 20.3 Å². The van der Waals surface area contributed by atoms with Crippen LogP contribution in [0, 0.1) is 5.92 Å². The molecule has 1 saturated heterocycles. The third-order valence-electron chi connectivity index (χ3n) is 3.06. The second-order valence-electron chi connectivity index (χ2n) is 4.76. The van der Waals surface area contributed by atoms with Gasteiger partial charge in [0.1, 0.15) is 0 Å². The highest BCUT2D eigenvalue weighted by Gasteiger charge is 2.18. The molecule has 0 saturated carbocycles. The molecule has 1 aliphatic heterocycles. The zero-order valence-electron chi connectivity index (χ0n) is 10.9. The fourth-order valence-corrected chi connectivity index (χ4v) is 2.12. The predicted molar refractivity (Wildman–Crippen MR) is 64.4 cm³/mol. The van der Waals surface area contributed by atoms with Gasteiger partial charge in [0, 0.05) is 20.1 Å². The molecule has 0 N–H and O–H groups in total. The van der Waals surface area contributed by atoms with Crippen LogP contribution in [0.4, 0.5) is 0 Å². The fraction of sp³-hybridized carbons (Fsp3) is 1.00. The number of ether oxygens (including phenoxy) is 3. The van der Waals surface area contributed by atoms with Crippen LogP contribution in [0.1, 0.15) is 46.0 Å². The summed E-state index contributed by atoms with van der Waals surface area (Å²) in [6, 6.07) is 0. The van der Waals surface area contributed by atoms with E-state index in [-0.39, 0.29) is 6.29 Å². The van der Waals surface area contributed by atoms with Gasteiger partial charge in [-0.2, -0.15) is 0 Å². The molecule has 0 radical (unpaired) electrons. The van der Waals surface area contributed by atoms with Gasteiger partial charge in [-0.1, -0.05) is 20.3 Å². The topological polar surface area (TPSA) is 27.7 Å². The predicted octanol–water partition coefficient (Wildman–Crippen LogP) is 2.98. The third kappa shape index (κ3) is 5.28. The van der Waals surface area contributed by atoms with E-state index < -0.39 is 0 Å². The molecule has 0 spiro atoms. The molecule has 3 nitrogen and oxygen atoms in total. The van der Waals surface area contributed by atoms with Gasteiger partial charge in [-0.25, -0.2) is 0 Å². The maximum absolute atomic E-state index is 5.71. The number of methoxy groups -OCH3 is 1. The van der Waals surface area contributed by atoms with Gasteiger partial charge in [0.25, 0.3) is 0 Å². The molecule has 3 atom stereocenters. The van der Waals surface area contributed by atoms with Crippen LogP contribution >= 0.6 is 0 Å². The van der Waals surface area contributed by atoms with Crippen molar-refractivity contribution in [2.24, 2.45) is 5.92 Å². The van der Waals surface area contributed by atoms with Crippen molar-refractivity contribution in [1.29, 1.82) is 0 Å². The zero-order valence-corrected chi connectivity index (χ0v) is 10.9. The van der Waals surface area contributed by atoms with Crippen LogP contribution in [0.15, 0.2) is 0 Å². The number of rotatable bonds is 8. The van der Waals surface area contributed by atoms with Crippen LogP contribution in [0.5, 0.6) is 0 Å². The van der Waals surface area contributed by atoms with Gasteiger partial charge in [0.15, 0.2) is 6.29 Å². The molecule has 16 heavy (non-hydrogen) atoms. The molecule has 3 heteroatoms. The Morgan fingerprint density at radius 1 is 1.44 bits per heavy atom. The molecule has 96 valence electrons. The van der Waals surface area contributed by atoms with E-state index in [1.165, 1.54) is 6.42 Å².